The van der Waals surface area contributed by atoms with E-state index in [-0.39, 0.29) is 10.8 Å². The van der Waals surface area contributed by atoms with Crippen LogP contribution in [-0.2, 0) is 0 Å². The number of nitrogens with one attached hydrogen (secondary N) is 2. The maximum atomic E-state index is 12.3. The minimum Gasteiger partial charge on any atom is -0.318 e. The first kappa shape index (κ1) is 13.6. The highest BCUT2D eigenvalue weighted by atomic mass is 35.5. The maximum Gasteiger partial charge on any atom is 0.274 e. The van der Waals surface area contributed by atoms with Crippen LogP contribution < -0.4 is 5.32 Å². The number of carbonyl (C=O) groups is 1. The molecular weight excluding hydrogens is 315 g/mol. The number of aromatic amines is 1. The summed E-state index contributed by atoms with van der Waals surface area (Å²) in [6.07, 6.45) is 4.58. The van der Waals surface area contributed by atoms with Gasteiger partial charge in [0.15, 0.2) is 11.0 Å². The van der Waals surface area contributed by atoms with Crippen molar-refractivity contribution in [1.29, 1.82) is 0 Å². The molecule has 106 valence electrons. The fourth-order valence-electron chi connectivity index (χ4n) is 1.72. The Morgan fingerprint density at radius 2 is 2.24 bits per heavy atom. The molecule has 0 radical (unpaired) electrons. The Hall–Kier alpha value is -2.38. The van der Waals surface area contributed by atoms with Crippen LogP contribution in [0.15, 0.2) is 36.8 Å². The highest BCUT2D eigenvalue weighted by Crippen LogP contribution is 2.21. The van der Waals surface area contributed by atoms with Gasteiger partial charge in [0.25, 0.3) is 5.91 Å². The van der Waals surface area contributed by atoms with E-state index < -0.39 is 5.91 Å². The SMILES string of the molecule is O=C(Nc1cn[nH]c1)c1cc(Cl)nn1-c1ncccc1Cl. The predicted octanol–water partition coefficient (Wildman–Crippen LogP) is 2.55. The predicted molar refractivity (Wildman–Crippen MR) is 77.9 cm³/mol. The van der Waals surface area contributed by atoms with Gasteiger partial charge in [-0.2, -0.15) is 10.2 Å². The lowest BCUT2D eigenvalue weighted by atomic mass is 10.3. The molecule has 0 fully saturated rings. The first-order valence-electron chi connectivity index (χ1n) is 5.82. The lowest BCUT2D eigenvalue weighted by Crippen LogP contribution is -2.17. The number of amides is 1. The van der Waals surface area contributed by atoms with Gasteiger partial charge in [0.05, 0.1) is 16.9 Å². The van der Waals surface area contributed by atoms with Crippen molar-refractivity contribution in [3.63, 3.8) is 0 Å². The number of rotatable bonds is 3. The van der Waals surface area contributed by atoms with Crippen molar-refractivity contribution in [2.75, 3.05) is 5.32 Å². The molecule has 3 rings (SSSR count). The van der Waals surface area contributed by atoms with Gasteiger partial charge in [-0.3, -0.25) is 9.89 Å². The zero-order valence-corrected chi connectivity index (χ0v) is 11.9. The van der Waals surface area contributed by atoms with Crippen molar-refractivity contribution in [3.8, 4) is 5.82 Å². The van der Waals surface area contributed by atoms with Crippen LogP contribution in [0.25, 0.3) is 5.82 Å². The molecule has 0 atom stereocenters. The number of H-pyrrole nitrogens is 1. The van der Waals surface area contributed by atoms with E-state index >= 15 is 0 Å². The summed E-state index contributed by atoms with van der Waals surface area (Å²) in [4.78, 5) is 16.4. The third-order valence-corrected chi connectivity index (χ3v) is 3.09. The molecule has 0 unspecified atom stereocenters. The zero-order valence-electron chi connectivity index (χ0n) is 10.4. The van der Waals surface area contributed by atoms with Crippen LogP contribution in [0.1, 0.15) is 10.5 Å². The second kappa shape index (κ2) is 5.55. The molecular formula is C12H8Cl2N6O. The number of pyridine rings is 1. The van der Waals surface area contributed by atoms with E-state index in [1.54, 1.807) is 24.5 Å². The van der Waals surface area contributed by atoms with Gasteiger partial charge in [0.2, 0.25) is 0 Å². The van der Waals surface area contributed by atoms with Gasteiger partial charge in [-0.25, -0.2) is 9.67 Å². The van der Waals surface area contributed by atoms with Crippen molar-refractivity contribution >= 4 is 34.8 Å². The monoisotopic (exact) mass is 322 g/mol. The summed E-state index contributed by atoms with van der Waals surface area (Å²) in [6.45, 7) is 0. The molecule has 0 saturated carbocycles. The van der Waals surface area contributed by atoms with Crippen molar-refractivity contribution in [2.45, 2.75) is 0 Å². The van der Waals surface area contributed by atoms with E-state index in [1.165, 1.54) is 16.9 Å². The van der Waals surface area contributed by atoms with Gasteiger partial charge >= 0.3 is 0 Å². The summed E-state index contributed by atoms with van der Waals surface area (Å²) in [5.41, 5.74) is 0.734. The Kier molecular flexibility index (Phi) is 3.59. The third-order valence-electron chi connectivity index (χ3n) is 2.61. The number of hydrogen-bond donors (Lipinski definition) is 2. The standard InChI is InChI=1S/C12H8Cl2N6O/c13-8-2-1-3-15-11(8)20-9(4-10(14)19-20)12(21)18-7-5-16-17-6-7/h1-6H,(H,16,17)(H,18,21). The average molecular weight is 323 g/mol. The first-order chi connectivity index (χ1) is 10.1. The first-order valence-corrected chi connectivity index (χ1v) is 6.57. The molecule has 3 aromatic rings. The molecule has 2 N–H and O–H groups in total. The maximum absolute atomic E-state index is 12.3. The summed E-state index contributed by atoms with van der Waals surface area (Å²) in [7, 11) is 0. The highest BCUT2D eigenvalue weighted by molar-refractivity contribution is 6.32. The topological polar surface area (TPSA) is 88.5 Å². The van der Waals surface area contributed by atoms with E-state index in [2.05, 4.69) is 25.6 Å². The molecule has 7 nitrogen and oxygen atoms in total. The number of hydrogen-bond acceptors (Lipinski definition) is 4. The molecule has 21 heavy (non-hydrogen) atoms. The second-order valence-electron chi connectivity index (χ2n) is 4.01. The fraction of sp³-hybridized carbons (Fsp3) is 0. The second-order valence-corrected chi connectivity index (χ2v) is 4.81. The fourth-order valence-corrected chi connectivity index (χ4v) is 2.10. The van der Waals surface area contributed by atoms with Crippen LogP contribution in [0.5, 0.6) is 0 Å². The normalized spacial score (nSPS) is 10.6. The van der Waals surface area contributed by atoms with Gasteiger partial charge < -0.3 is 5.32 Å². The third kappa shape index (κ3) is 2.74. The van der Waals surface area contributed by atoms with Crippen molar-refractivity contribution < 1.29 is 4.79 Å². The molecule has 0 saturated heterocycles. The summed E-state index contributed by atoms with van der Waals surface area (Å²) in [5, 5.41) is 13.6. The number of aromatic nitrogens is 5. The number of halogens is 2. The Labute approximate surface area is 128 Å². The van der Waals surface area contributed by atoms with Crippen molar-refractivity contribution in [3.05, 3.63) is 52.7 Å². The number of nitrogens with zero attached hydrogens (tertiary/aromatic N) is 4. The average Bonchev–Trinajstić information content (AvgIpc) is 3.09. The van der Waals surface area contributed by atoms with E-state index in [0.29, 0.717) is 16.5 Å². The van der Waals surface area contributed by atoms with Crippen LogP contribution in [0.3, 0.4) is 0 Å². The van der Waals surface area contributed by atoms with E-state index in [9.17, 15) is 4.79 Å². The van der Waals surface area contributed by atoms with Gasteiger partial charge in [0.1, 0.15) is 5.69 Å². The largest absolute Gasteiger partial charge is 0.318 e. The quantitative estimate of drug-likeness (QED) is 0.775. The number of anilines is 1. The van der Waals surface area contributed by atoms with Gasteiger partial charge in [-0.15, -0.1) is 0 Å². The molecule has 0 aliphatic carbocycles. The van der Waals surface area contributed by atoms with E-state index in [4.69, 9.17) is 23.2 Å². The molecule has 0 aromatic carbocycles. The van der Waals surface area contributed by atoms with Crippen LogP contribution >= 0.6 is 23.2 Å². The van der Waals surface area contributed by atoms with Gasteiger partial charge in [-0.05, 0) is 12.1 Å². The molecule has 0 aliphatic heterocycles. The Bertz CT molecular complexity index is 783. The Morgan fingerprint density at radius 1 is 1.38 bits per heavy atom. The summed E-state index contributed by atoms with van der Waals surface area (Å²) in [5.74, 6) is -0.0825. The minimum atomic E-state index is -0.405. The Balaban J connectivity index is 2.00. The smallest absolute Gasteiger partial charge is 0.274 e. The molecule has 0 aliphatic rings. The summed E-state index contributed by atoms with van der Waals surface area (Å²) >= 11 is 12.0. The zero-order chi connectivity index (χ0) is 14.8. The van der Waals surface area contributed by atoms with Gasteiger partial charge in [-0.1, -0.05) is 23.2 Å². The molecule has 3 heterocycles. The minimum absolute atomic E-state index is 0.161. The Morgan fingerprint density at radius 3 is 2.95 bits per heavy atom. The molecule has 3 aromatic heterocycles. The molecule has 0 bridgehead atoms. The molecule has 1 amide bonds. The van der Waals surface area contributed by atoms with Crippen molar-refractivity contribution in [2.24, 2.45) is 0 Å². The number of carbonyl (C=O) groups excluding carboxylic acids is 1. The lowest BCUT2D eigenvalue weighted by molar-refractivity contribution is 0.101. The molecule has 0 spiro atoms. The van der Waals surface area contributed by atoms with Crippen LogP contribution in [-0.4, -0.2) is 30.9 Å². The van der Waals surface area contributed by atoms with Gasteiger partial charge in [0, 0.05) is 18.5 Å². The van der Waals surface area contributed by atoms with E-state index in [0.717, 1.165) is 0 Å². The van der Waals surface area contributed by atoms with E-state index in [1.807, 2.05) is 0 Å². The molecule has 9 heteroatoms. The van der Waals surface area contributed by atoms with Crippen molar-refractivity contribution in [1.82, 2.24) is 25.0 Å². The summed E-state index contributed by atoms with van der Waals surface area (Å²) < 4.78 is 1.29. The van der Waals surface area contributed by atoms with Crippen LogP contribution in [0.2, 0.25) is 10.2 Å². The van der Waals surface area contributed by atoms with Crippen LogP contribution in [0.4, 0.5) is 5.69 Å². The lowest BCUT2D eigenvalue weighted by Gasteiger charge is -2.07. The highest BCUT2D eigenvalue weighted by Gasteiger charge is 2.18. The summed E-state index contributed by atoms with van der Waals surface area (Å²) in [6, 6.07) is 4.77. The van der Waals surface area contributed by atoms with Crippen LogP contribution in [0, 0.1) is 0 Å².